The van der Waals surface area contributed by atoms with Crippen LogP contribution in [0.1, 0.15) is 24.0 Å². The van der Waals surface area contributed by atoms with Gasteiger partial charge in [-0.15, -0.1) is 0 Å². The summed E-state index contributed by atoms with van der Waals surface area (Å²) >= 11 is 0. The van der Waals surface area contributed by atoms with Crippen LogP contribution in [0.2, 0.25) is 0 Å². The summed E-state index contributed by atoms with van der Waals surface area (Å²) in [5.41, 5.74) is 2.94. The molecule has 140 valence electrons. The Hall–Kier alpha value is -2.43. The monoisotopic (exact) mass is 364 g/mol. The largest absolute Gasteiger partial charge is 0.326 e. The third-order valence-electron chi connectivity index (χ3n) is 7.20. The number of allylic oxidation sites excluding steroid dienone is 2. The zero-order valence-electron chi connectivity index (χ0n) is 15.6. The Balaban J connectivity index is 1.26. The number of nitrogens with zero attached hydrogens (tertiary/aromatic N) is 1. The molecule has 27 heavy (non-hydrogen) atoms. The van der Waals surface area contributed by atoms with Gasteiger partial charge in [-0.05, 0) is 61.1 Å². The van der Waals surface area contributed by atoms with Crippen LogP contribution in [0.15, 0.2) is 30.4 Å². The van der Waals surface area contributed by atoms with Crippen LogP contribution in [-0.2, 0) is 14.4 Å². The molecule has 6 atom stereocenters. The second-order valence-electron chi connectivity index (χ2n) is 8.53. The first-order valence-corrected chi connectivity index (χ1v) is 9.87. The highest BCUT2D eigenvalue weighted by Gasteiger charge is 2.66. The maximum absolute atomic E-state index is 12.9. The summed E-state index contributed by atoms with van der Waals surface area (Å²) in [6, 6.07) is 5.78. The molecule has 1 heterocycles. The summed E-state index contributed by atoms with van der Waals surface area (Å²) in [7, 11) is 0. The van der Waals surface area contributed by atoms with Gasteiger partial charge in [-0.1, -0.05) is 24.3 Å². The lowest BCUT2D eigenvalue weighted by Gasteiger charge is -2.37. The summed E-state index contributed by atoms with van der Waals surface area (Å²) in [6.45, 7) is 4.15. The molecule has 1 N–H and O–H groups in total. The summed E-state index contributed by atoms with van der Waals surface area (Å²) in [4.78, 5) is 39.6. The van der Waals surface area contributed by atoms with Crippen LogP contribution in [0.4, 0.5) is 5.69 Å². The number of imide groups is 1. The summed E-state index contributed by atoms with van der Waals surface area (Å²) in [6.07, 6.45) is 5.64. The lowest BCUT2D eigenvalue weighted by atomic mass is 9.63. The highest BCUT2D eigenvalue weighted by atomic mass is 16.2. The highest BCUT2D eigenvalue weighted by Crippen LogP contribution is 2.65. The van der Waals surface area contributed by atoms with Crippen LogP contribution >= 0.6 is 0 Å². The Morgan fingerprint density at radius 3 is 2.33 bits per heavy atom. The Morgan fingerprint density at radius 1 is 1.07 bits per heavy atom. The number of hydrogen-bond acceptors (Lipinski definition) is 3. The van der Waals surface area contributed by atoms with Crippen molar-refractivity contribution in [1.29, 1.82) is 0 Å². The number of anilines is 1. The van der Waals surface area contributed by atoms with Gasteiger partial charge in [-0.2, -0.15) is 0 Å². The summed E-state index contributed by atoms with van der Waals surface area (Å²) in [5.74, 6) is 1.02. The molecule has 0 radical (unpaired) electrons. The molecule has 2 bridgehead atoms. The van der Waals surface area contributed by atoms with E-state index in [4.69, 9.17) is 0 Å². The maximum Gasteiger partial charge on any atom is 0.233 e. The molecule has 6 rings (SSSR count). The standard InChI is InChI=1S/C22H24N2O3/c1-11-4-3-5-17(12(11)2)23-18(25)8-9-24-21(26)19-13-6-7-14(16-10-15(13)16)20(19)22(24)27/h3-7,13-16,19-20H,8-10H2,1-2H3,(H,23,25)/t13-,14-,15-,16+,19+,20+/m0/s1. The third kappa shape index (κ3) is 2.40. The van der Waals surface area contributed by atoms with E-state index in [-0.39, 0.29) is 54.4 Å². The van der Waals surface area contributed by atoms with Crippen LogP contribution in [0, 0.1) is 49.4 Å². The molecule has 3 amide bonds. The fourth-order valence-electron chi connectivity index (χ4n) is 5.55. The molecule has 5 nitrogen and oxygen atoms in total. The minimum atomic E-state index is -0.182. The van der Waals surface area contributed by atoms with E-state index < -0.39 is 0 Å². The predicted octanol–water partition coefficient (Wildman–Crippen LogP) is 2.69. The van der Waals surface area contributed by atoms with E-state index in [1.54, 1.807) is 0 Å². The van der Waals surface area contributed by atoms with Gasteiger partial charge >= 0.3 is 0 Å². The van der Waals surface area contributed by atoms with Gasteiger partial charge in [0.25, 0.3) is 0 Å². The molecular formula is C22H24N2O3. The molecule has 5 heteroatoms. The minimum Gasteiger partial charge on any atom is -0.326 e. The van der Waals surface area contributed by atoms with Gasteiger partial charge in [0.15, 0.2) is 0 Å². The predicted molar refractivity (Wildman–Crippen MR) is 101 cm³/mol. The molecule has 0 spiro atoms. The van der Waals surface area contributed by atoms with Crippen molar-refractivity contribution in [1.82, 2.24) is 4.90 Å². The van der Waals surface area contributed by atoms with E-state index in [0.717, 1.165) is 23.2 Å². The van der Waals surface area contributed by atoms with Crippen LogP contribution in [0.25, 0.3) is 0 Å². The average Bonchev–Trinajstić information content (AvgIpc) is 3.43. The van der Waals surface area contributed by atoms with Gasteiger partial charge in [-0.25, -0.2) is 0 Å². The lowest BCUT2D eigenvalue weighted by molar-refractivity contribution is -0.140. The Morgan fingerprint density at radius 2 is 1.70 bits per heavy atom. The molecular weight excluding hydrogens is 340 g/mol. The van der Waals surface area contributed by atoms with Crippen molar-refractivity contribution in [2.45, 2.75) is 26.7 Å². The quantitative estimate of drug-likeness (QED) is 0.660. The van der Waals surface area contributed by atoms with Crippen molar-refractivity contribution in [3.63, 3.8) is 0 Å². The van der Waals surface area contributed by atoms with E-state index in [0.29, 0.717) is 11.8 Å². The van der Waals surface area contributed by atoms with Gasteiger partial charge in [0, 0.05) is 18.7 Å². The Labute approximate surface area is 158 Å². The van der Waals surface area contributed by atoms with Gasteiger partial charge in [-0.3, -0.25) is 19.3 Å². The average molecular weight is 364 g/mol. The van der Waals surface area contributed by atoms with Crippen LogP contribution < -0.4 is 5.32 Å². The van der Waals surface area contributed by atoms with Gasteiger partial charge < -0.3 is 5.32 Å². The normalized spacial score (nSPS) is 35.3. The SMILES string of the molecule is Cc1cccc(NC(=O)CCN2C(=O)[C@@H]3[C@H]4C=C[C@@H]([C@@H]5C[C@H]45)[C@H]3C2=O)c1C. The number of aryl methyl sites for hydroxylation is 1. The number of nitrogens with one attached hydrogen (secondary N) is 1. The van der Waals surface area contributed by atoms with Crippen molar-refractivity contribution >= 4 is 23.4 Å². The maximum atomic E-state index is 12.9. The number of rotatable bonds is 4. The fraction of sp³-hybridized carbons (Fsp3) is 0.500. The van der Waals surface area contributed by atoms with Crippen molar-refractivity contribution in [2.75, 3.05) is 11.9 Å². The van der Waals surface area contributed by atoms with E-state index in [1.165, 1.54) is 4.90 Å². The molecule has 5 aliphatic rings. The number of carbonyl (C=O) groups is 3. The zero-order chi connectivity index (χ0) is 18.9. The second kappa shape index (κ2) is 5.78. The molecule has 1 aromatic rings. The van der Waals surface area contributed by atoms with Crippen molar-refractivity contribution in [3.05, 3.63) is 41.5 Å². The fourth-order valence-corrected chi connectivity index (χ4v) is 5.55. The number of carbonyl (C=O) groups excluding carboxylic acids is 3. The van der Waals surface area contributed by atoms with Crippen LogP contribution in [0.3, 0.4) is 0 Å². The van der Waals surface area contributed by atoms with Gasteiger partial charge in [0.1, 0.15) is 0 Å². The van der Waals surface area contributed by atoms with Crippen LogP contribution in [0.5, 0.6) is 0 Å². The van der Waals surface area contributed by atoms with Crippen molar-refractivity contribution in [3.8, 4) is 0 Å². The van der Waals surface area contributed by atoms with E-state index in [2.05, 4.69) is 17.5 Å². The third-order valence-corrected chi connectivity index (χ3v) is 7.20. The Bertz CT molecular complexity index is 854. The smallest absolute Gasteiger partial charge is 0.233 e. The first-order valence-electron chi connectivity index (χ1n) is 9.87. The Kier molecular flexibility index (Phi) is 3.58. The molecule has 1 aliphatic heterocycles. The number of likely N-dealkylation sites (tertiary alicyclic amines) is 1. The summed E-state index contributed by atoms with van der Waals surface area (Å²) in [5, 5.41) is 2.91. The number of amides is 3. The molecule has 4 aliphatic carbocycles. The second-order valence-corrected chi connectivity index (χ2v) is 8.53. The van der Waals surface area contributed by atoms with Crippen molar-refractivity contribution in [2.24, 2.45) is 35.5 Å². The number of benzene rings is 1. The van der Waals surface area contributed by atoms with E-state index in [9.17, 15) is 14.4 Å². The molecule has 1 saturated heterocycles. The first kappa shape index (κ1) is 16.7. The topological polar surface area (TPSA) is 66.5 Å². The van der Waals surface area contributed by atoms with Gasteiger partial charge in [0.2, 0.25) is 17.7 Å². The zero-order valence-corrected chi connectivity index (χ0v) is 15.6. The molecule has 1 aromatic carbocycles. The van der Waals surface area contributed by atoms with Crippen molar-refractivity contribution < 1.29 is 14.4 Å². The number of hydrogen-bond donors (Lipinski definition) is 1. The molecule has 0 aromatic heterocycles. The van der Waals surface area contributed by atoms with Crippen LogP contribution in [-0.4, -0.2) is 29.2 Å². The molecule has 0 unspecified atom stereocenters. The lowest BCUT2D eigenvalue weighted by Crippen LogP contribution is -2.40. The highest BCUT2D eigenvalue weighted by molar-refractivity contribution is 6.06. The summed E-state index contributed by atoms with van der Waals surface area (Å²) < 4.78 is 0. The minimum absolute atomic E-state index is 0.0609. The molecule has 3 fully saturated rings. The van der Waals surface area contributed by atoms with E-state index in [1.807, 2.05) is 32.0 Å². The van der Waals surface area contributed by atoms with Gasteiger partial charge in [0.05, 0.1) is 11.8 Å². The molecule has 2 saturated carbocycles. The first-order chi connectivity index (χ1) is 13.0. The van der Waals surface area contributed by atoms with E-state index >= 15 is 0 Å².